The minimum Gasteiger partial charge on any atom is -0.346 e. The highest BCUT2D eigenvalue weighted by Gasteiger charge is 2.19. The highest BCUT2D eigenvalue weighted by Crippen LogP contribution is 2.24. The van der Waals surface area contributed by atoms with Crippen LogP contribution in [-0.4, -0.2) is 25.7 Å². The van der Waals surface area contributed by atoms with Crippen LogP contribution in [0.3, 0.4) is 0 Å². The van der Waals surface area contributed by atoms with Gasteiger partial charge in [-0.05, 0) is 29.8 Å². The fraction of sp³-hybridized carbons (Fsp3) is 0.278. The maximum Gasteiger partial charge on any atom is 0.248 e. The largest absolute Gasteiger partial charge is 0.346 e. The summed E-state index contributed by atoms with van der Waals surface area (Å²) in [5.41, 5.74) is 1.01. The smallest absolute Gasteiger partial charge is 0.248 e. The molecule has 0 bridgehead atoms. The van der Waals surface area contributed by atoms with Crippen molar-refractivity contribution in [2.24, 2.45) is 0 Å². The van der Waals surface area contributed by atoms with Gasteiger partial charge in [-0.3, -0.25) is 15.2 Å². The number of H-pyrrole nitrogens is 1. The summed E-state index contributed by atoms with van der Waals surface area (Å²) in [6.45, 7) is 4.02. The Kier molecular flexibility index (Phi) is 5.19. The van der Waals surface area contributed by atoms with Gasteiger partial charge < -0.3 is 4.57 Å². The molecule has 1 aromatic carbocycles. The first kappa shape index (κ1) is 17.2. The molecule has 2 aromatic heterocycles. The van der Waals surface area contributed by atoms with E-state index in [9.17, 15) is 4.79 Å². The van der Waals surface area contributed by atoms with Crippen LogP contribution in [-0.2, 0) is 4.79 Å². The Morgan fingerprint density at radius 3 is 2.52 bits per heavy atom. The zero-order valence-corrected chi connectivity index (χ0v) is 14.9. The van der Waals surface area contributed by atoms with Crippen LogP contribution < -0.4 is 5.32 Å². The third-order valence-electron chi connectivity index (χ3n) is 3.92. The standard InChI is InChI=1S/C18H20ClN5O/c1-12(2)17-21-18(23-22-17)20-16(25)11-15(24-9-3-4-10-24)13-5-7-14(19)8-6-13/h3-10,12,15H,11H2,1-2H3,(H2,20,21,22,23,25). The number of benzene rings is 1. The fourth-order valence-corrected chi connectivity index (χ4v) is 2.70. The summed E-state index contributed by atoms with van der Waals surface area (Å²) >= 11 is 5.98. The molecule has 6 nitrogen and oxygen atoms in total. The molecule has 130 valence electrons. The van der Waals surface area contributed by atoms with E-state index in [1.54, 1.807) is 0 Å². The van der Waals surface area contributed by atoms with Gasteiger partial charge >= 0.3 is 0 Å². The minimum absolute atomic E-state index is 0.129. The molecule has 1 atom stereocenters. The lowest BCUT2D eigenvalue weighted by atomic mass is 10.0. The Bertz CT molecular complexity index is 824. The molecule has 0 aliphatic carbocycles. The molecule has 25 heavy (non-hydrogen) atoms. The first-order valence-electron chi connectivity index (χ1n) is 8.13. The Balaban J connectivity index is 1.75. The first-order chi connectivity index (χ1) is 12.0. The molecule has 1 unspecified atom stereocenters. The third-order valence-corrected chi connectivity index (χ3v) is 4.17. The van der Waals surface area contributed by atoms with Crippen molar-refractivity contribution in [2.45, 2.75) is 32.2 Å². The van der Waals surface area contributed by atoms with Gasteiger partial charge in [-0.25, -0.2) is 0 Å². The molecule has 1 amide bonds. The van der Waals surface area contributed by atoms with Gasteiger partial charge in [0.1, 0.15) is 5.82 Å². The molecule has 3 rings (SSSR count). The van der Waals surface area contributed by atoms with E-state index < -0.39 is 0 Å². The van der Waals surface area contributed by atoms with E-state index in [2.05, 4.69) is 20.5 Å². The second kappa shape index (κ2) is 7.53. The van der Waals surface area contributed by atoms with Gasteiger partial charge in [0.2, 0.25) is 11.9 Å². The summed E-state index contributed by atoms with van der Waals surface area (Å²) in [5, 5.41) is 10.3. The number of rotatable bonds is 6. The second-order valence-electron chi connectivity index (χ2n) is 6.15. The normalized spacial score (nSPS) is 12.3. The Morgan fingerprint density at radius 1 is 1.24 bits per heavy atom. The zero-order valence-electron chi connectivity index (χ0n) is 14.1. The van der Waals surface area contributed by atoms with E-state index in [1.165, 1.54) is 0 Å². The number of aromatic nitrogens is 4. The van der Waals surface area contributed by atoms with E-state index in [0.717, 1.165) is 11.4 Å². The predicted octanol–water partition coefficient (Wildman–Crippen LogP) is 4.00. The molecule has 2 N–H and O–H groups in total. The van der Waals surface area contributed by atoms with Crippen LogP contribution in [0.2, 0.25) is 5.02 Å². The van der Waals surface area contributed by atoms with Crippen molar-refractivity contribution < 1.29 is 4.79 Å². The number of carbonyl (C=O) groups excluding carboxylic acids is 1. The number of carbonyl (C=O) groups is 1. The average Bonchev–Trinajstić information content (AvgIpc) is 3.25. The van der Waals surface area contributed by atoms with Crippen LogP contribution in [0.1, 0.15) is 43.6 Å². The van der Waals surface area contributed by atoms with Crippen molar-refractivity contribution in [1.29, 1.82) is 0 Å². The highest BCUT2D eigenvalue weighted by atomic mass is 35.5. The molecular weight excluding hydrogens is 338 g/mol. The average molecular weight is 358 g/mol. The summed E-state index contributed by atoms with van der Waals surface area (Å²) in [6, 6.07) is 11.3. The minimum atomic E-state index is -0.150. The number of amides is 1. The van der Waals surface area contributed by atoms with Gasteiger partial charge in [0.05, 0.1) is 12.5 Å². The number of hydrogen-bond donors (Lipinski definition) is 2. The first-order valence-corrected chi connectivity index (χ1v) is 8.51. The van der Waals surface area contributed by atoms with Crippen LogP contribution in [0, 0.1) is 0 Å². The molecule has 0 aliphatic heterocycles. The molecule has 3 aromatic rings. The van der Waals surface area contributed by atoms with Crippen molar-refractivity contribution in [3.63, 3.8) is 0 Å². The molecule has 0 spiro atoms. The predicted molar refractivity (Wildman–Crippen MR) is 97.7 cm³/mol. The zero-order chi connectivity index (χ0) is 17.8. The monoisotopic (exact) mass is 357 g/mol. The third kappa shape index (κ3) is 4.28. The van der Waals surface area contributed by atoms with Gasteiger partial charge in [-0.2, -0.15) is 4.98 Å². The maximum absolute atomic E-state index is 12.5. The van der Waals surface area contributed by atoms with Crippen molar-refractivity contribution in [2.75, 3.05) is 5.32 Å². The van der Waals surface area contributed by atoms with Crippen molar-refractivity contribution in [3.8, 4) is 0 Å². The summed E-state index contributed by atoms with van der Waals surface area (Å²) in [5.74, 6) is 1.12. The van der Waals surface area contributed by atoms with Gasteiger partial charge in [-0.15, -0.1) is 5.10 Å². The topological polar surface area (TPSA) is 75.6 Å². The Labute approximate surface area is 151 Å². The number of nitrogens with zero attached hydrogens (tertiary/aromatic N) is 3. The van der Waals surface area contributed by atoms with Gasteiger partial charge in [0.25, 0.3) is 0 Å². The highest BCUT2D eigenvalue weighted by molar-refractivity contribution is 6.30. The van der Waals surface area contributed by atoms with Gasteiger partial charge in [-0.1, -0.05) is 37.6 Å². The van der Waals surface area contributed by atoms with Crippen LogP contribution in [0.5, 0.6) is 0 Å². The van der Waals surface area contributed by atoms with E-state index in [0.29, 0.717) is 11.0 Å². The molecule has 0 radical (unpaired) electrons. The molecule has 0 aliphatic rings. The molecule has 0 saturated heterocycles. The molecule has 0 fully saturated rings. The molecule has 2 heterocycles. The van der Waals surface area contributed by atoms with E-state index >= 15 is 0 Å². The lowest BCUT2D eigenvalue weighted by Gasteiger charge is -2.19. The summed E-state index contributed by atoms with van der Waals surface area (Å²) in [4.78, 5) is 16.8. The molecule has 7 heteroatoms. The van der Waals surface area contributed by atoms with Crippen LogP contribution in [0.4, 0.5) is 5.95 Å². The van der Waals surface area contributed by atoms with Gasteiger partial charge in [0, 0.05) is 23.3 Å². The number of aromatic amines is 1. The van der Waals surface area contributed by atoms with Crippen LogP contribution in [0.15, 0.2) is 48.8 Å². The maximum atomic E-state index is 12.5. The van der Waals surface area contributed by atoms with E-state index in [4.69, 9.17) is 11.6 Å². The van der Waals surface area contributed by atoms with Crippen LogP contribution >= 0.6 is 11.6 Å². The Hall–Kier alpha value is -2.60. The number of hydrogen-bond acceptors (Lipinski definition) is 3. The van der Waals surface area contributed by atoms with Crippen LogP contribution in [0.25, 0.3) is 0 Å². The van der Waals surface area contributed by atoms with Crippen molar-refractivity contribution in [3.05, 3.63) is 65.2 Å². The summed E-state index contributed by atoms with van der Waals surface area (Å²) in [7, 11) is 0. The summed E-state index contributed by atoms with van der Waals surface area (Å²) in [6.07, 6.45) is 4.15. The van der Waals surface area contributed by atoms with E-state index in [1.807, 2.05) is 67.2 Å². The Morgan fingerprint density at radius 2 is 1.92 bits per heavy atom. The van der Waals surface area contributed by atoms with E-state index in [-0.39, 0.29) is 24.3 Å². The van der Waals surface area contributed by atoms with Crippen molar-refractivity contribution >= 4 is 23.5 Å². The molecule has 0 saturated carbocycles. The SMILES string of the molecule is CC(C)c1nc(NC(=O)CC(c2ccc(Cl)cc2)n2cccc2)n[nH]1. The van der Waals surface area contributed by atoms with Crippen molar-refractivity contribution in [1.82, 2.24) is 19.7 Å². The quantitative estimate of drug-likeness (QED) is 0.700. The number of anilines is 1. The lowest BCUT2D eigenvalue weighted by Crippen LogP contribution is -2.20. The fourth-order valence-electron chi connectivity index (χ4n) is 2.58. The molecular formula is C18H20ClN5O. The lowest BCUT2D eigenvalue weighted by molar-refractivity contribution is -0.116. The summed E-state index contributed by atoms with van der Waals surface area (Å²) < 4.78 is 2.00. The second-order valence-corrected chi connectivity index (χ2v) is 6.59. The number of nitrogens with one attached hydrogen (secondary N) is 2. The van der Waals surface area contributed by atoms with Gasteiger partial charge in [0.15, 0.2) is 0 Å². The number of halogens is 1.